The molecule has 0 fully saturated rings. The van der Waals surface area contributed by atoms with Crippen LogP contribution in [0.25, 0.3) is 11.3 Å². The molecule has 0 aliphatic carbocycles. The Labute approximate surface area is 179 Å². The van der Waals surface area contributed by atoms with E-state index >= 15 is 0 Å². The van der Waals surface area contributed by atoms with Gasteiger partial charge in [0.1, 0.15) is 10.8 Å². The molecule has 30 heavy (non-hydrogen) atoms. The molecule has 0 aliphatic heterocycles. The van der Waals surface area contributed by atoms with Crippen LogP contribution in [0.15, 0.2) is 59.6 Å². The number of aromatic nitrogens is 2. The number of methoxy groups -OCH3 is 2. The quantitative estimate of drug-likeness (QED) is 0.512. The van der Waals surface area contributed by atoms with Gasteiger partial charge in [0.25, 0.3) is 0 Å². The first kappa shape index (κ1) is 21.4. The number of thioether (sulfide) groups is 1. The maximum absolute atomic E-state index is 12.2. The molecule has 2 aromatic carbocycles. The van der Waals surface area contributed by atoms with E-state index in [1.807, 2.05) is 43.3 Å². The van der Waals surface area contributed by atoms with Crippen LogP contribution in [-0.4, -0.2) is 42.7 Å². The first-order valence-corrected chi connectivity index (χ1v) is 10.3. The molecule has 0 atom stereocenters. The highest BCUT2D eigenvalue weighted by Crippen LogP contribution is 2.30. The standard InChI is InChI=1S/C22H23N3O4S/c1-4-29-17-8-5-15(6-9-17)18-10-12-22(25-24-18)30-14-21(26)23-16-7-11-19(27-2)20(13-16)28-3/h5-13H,4,14H2,1-3H3,(H,23,26). The molecule has 0 spiro atoms. The second-order valence-electron chi connectivity index (χ2n) is 6.12. The van der Waals surface area contributed by atoms with E-state index in [0.29, 0.717) is 28.8 Å². The molecule has 0 saturated carbocycles. The van der Waals surface area contributed by atoms with E-state index < -0.39 is 0 Å². The number of ether oxygens (including phenoxy) is 3. The maximum Gasteiger partial charge on any atom is 0.234 e. The Morgan fingerprint density at radius 1 is 0.967 bits per heavy atom. The van der Waals surface area contributed by atoms with Crippen molar-refractivity contribution in [1.29, 1.82) is 0 Å². The Balaban J connectivity index is 1.55. The summed E-state index contributed by atoms with van der Waals surface area (Å²) in [5.74, 6) is 2.05. The smallest absolute Gasteiger partial charge is 0.234 e. The second-order valence-corrected chi connectivity index (χ2v) is 7.12. The van der Waals surface area contributed by atoms with E-state index in [1.54, 1.807) is 32.4 Å². The number of rotatable bonds is 9. The zero-order chi connectivity index (χ0) is 21.3. The molecule has 1 amide bonds. The van der Waals surface area contributed by atoms with Gasteiger partial charge in [-0.2, -0.15) is 0 Å². The summed E-state index contributed by atoms with van der Waals surface area (Å²) < 4.78 is 15.9. The van der Waals surface area contributed by atoms with Gasteiger partial charge in [-0.05, 0) is 55.5 Å². The number of nitrogens with one attached hydrogen (secondary N) is 1. The van der Waals surface area contributed by atoms with Crippen molar-refractivity contribution in [3.05, 3.63) is 54.6 Å². The van der Waals surface area contributed by atoms with Gasteiger partial charge in [-0.3, -0.25) is 4.79 Å². The minimum Gasteiger partial charge on any atom is -0.494 e. The Hall–Kier alpha value is -3.26. The van der Waals surface area contributed by atoms with Crippen LogP contribution in [0.4, 0.5) is 5.69 Å². The normalized spacial score (nSPS) is 10.4. The number of carbonyl (C=O) groups excluding carboxylic acids is 1. The zero-order valence-electron chi connectivity index (χ0n) is 17.0. The SMILES string of the molecule is CCOc1ccc(-c2ccc(SCC(=O)Nc3ccc(OC)c(OC)c3)nn2)cc1. The highest BCUT2D eigenvalue weighted by Gasteiger charge is 2.09. The van der Waals surface area contributed by atoms with E-state index in [9.17, 15) is 4.79 Å². The van der Waals surface area contributed by atoms with E-state index in [2.05, 4.69) is 15.5 Å². The van der Waals surface area contributed by atoms with Gasteiger partial charge < -0.3 is 19.5 Å². The highest BCUT2D eigenvalue weighted by atomic mass is 32.2. The molecule has 1 N–H and O–H groups in total. The number of hydrogen-bond acceptors (Lipinski definition) is 7. The third-order valence-corrected chi connectivity index (χ3v) is 5.04. The van der Waals surface area contributed by atoms with Gasteiger partial charge >= 0.3 is 0 Å². The second kappa shape index (κ2) is 10.5. The Morgan fingerprint density at radius 3 is 2.37 bits per heavy atom. The Bertz CT molecular complexity index is 979. The number of amides is 1. The number of carbonyl (C=O) groups is 1. The van der Waals surface area contributed by atoms with Crippen molar-refractivity contribution in [3.63, 3.8) is 0 Å². The molecule has 7 nitrogen and oxygen atoms in total. The number of benzene rings is 2. The summed E-state index contributed by atoms with van der Waals surface area (Å²) in [7, 11) is 3.12. The van der Waals surface area contributed by atoms with Crippen LogP contribution in [0.3, 0.4) is 0 Å². The molecule has 3 rings (SSSR count). The first-order valence-electron chi connectivity index (χ1n) is 9.34. The van der Waals surface area contributed by atoms with Crippen molar-refractivity contribution < 1.29 is 19.0 Å². The largest absolute Gasteiger partial charge is 0.494 e. The summed E-state index contributed by atoms with van der Waals surface area (Å²) in [6.45, 7) is 2.58. The van der Waals surface area contributed by atoms with E-state index in [4.69, 9.17) is 14.2 Å². The molecule has 0 bridgehead atoms. The fourth-order valence-electron chi connectivity index (χ4n) is 2.69. The van der Waals surface area contributed by atoms with Crippen LogP contribution in [-0.2, 0) is 4.79 Å². The minimum absolute atomic E-state index is 0.149. The summed E-state index contributed by atoms with van der Waals surface area (Å²) in [6.07, 6.45) is 0. The molecule has 0 radical (unpaired) electrons. The molecule has 8 heteroatoms. The number of hydrogen-bond donors (Lipinski definition) is 1. The topological polar surface area (TPSA) is 82.6 Å². The lowest BCUT2D eigenvalue weighted by Crippen LogP contribution is -2.14. The van der Waals surface area contributed by atoms with Crippen LogP contribution < -0.4 is 19.5 Å². The molecule has 3 aromatic rings. The maximum atomic E-state index is 12.2. The average Bonchev–Trinajstić information content (AvgIpc) is 2.79. The fraction of sp³-hybridized carbons (Fsp3) is 0.227. The summed E-state index contributed by atoms with van der Waals surface area (Å²) in [5, 5.41) is 12.0. The monoisotopic (exact) mass is 425 g/mol. The van der Waals surface area contributed by atoms with Crippen LogP contribution in [0.5, 0.6) is 17.2 Å². The third kappa shape index (κ3) is 5.64. The molecular weight excluding hydrogens is 402 g/mol. The summed E-state index contributed by atoms with van der Waals surface area (Å²) in [5.41, 5.74) is 2.35. The van der Waals surface area contributed by atoms with Crippen molar-refractivity contribution in [3.8, 4) is 28.5 Å². The molecule has 1 aromatic heterocycles. The lowest BCUT2D eigenvalue weighted by atomic mass is 10.1. The third-order valence-electron chi connectivity index (χ3n) is 4.12. The first-order chi connectivity index (χ1) is 14.6. The molecule has 0 saturated heterocycles. The van der Waals surface area contributed by atoms with E-state index in [-0.39, 0.29) is 11.7 Å². The highest BCUT2D eigenvalue weighted by molar-refractivity contribution is 7.99. The fourth-order valence-corrected chi connectivity index (χ4v) is 3.30. The van der Waals surface area contributed by atoms with Gasteiger partial charge in [-0.15, -0.1) is 10.2 Å². The molecule has 156 valence electrons. The predicted octanol–water partition coefficient (Wildman–Crippen LogP) is 4.29. The number of anilines is 1. The predicted molar refractivity (Wildman–Crippen MR) is 118 cm³/mol. The van der Waals surface area contributed by atoms with Crippen LogP contribution >= 0.6 is 11.8 Å². The summed E-state index contributed by atoms with van der Waals surface area (Å²) >= 11 is 1.32. The molecular formula is C22H23N3O4S. The van der Waals surface area contributed by atoms with Crippen molar-refractivity contribution in [1.82, 2.24) is 10.2 Å². The van der Waals surface area contributed by atoms with E-state index in [1.165, 1.54) is 11.8 Å². The summed E-state index contributed by atoms with van der Waals surface area (Å²) in [6, 6.07) is 16.7. The van der Waals surface area contributed by atoms with Crippen molar-refractivity contribution in [2.45, 2.75) is 11.9 Å². The van der Waals surface area contributed by atoms with Crippen LogP contribution in [0, 0.1) is 0 Å². The zero-order valence-corrected chi connectivity index (χ0v) is 17.9. The molecule has 0 aliphatic rings. The number of nitrogens with zero attached hydrogens (tertiary/aromatic N) is 2. The van der Waals surface area contributed by atoms with Crippen molar-refractivity contribution in [2.24, 2.45) is 0 Å². The Kier molecular flexibility index (Phi) is 7.51. The molecule has 0 unspecified atom stereocenters. The van der Waals surface area contributed by atoms with Gasteiger partial charge in [0.15, 0.2) is 11.5 Å². The lowest BCUT2D eigenvalue weighted by Gasteiger charge is -2.10. The van der Waals surface area contributed by atoms with Gasteiger partial charge in [-0.1, -0.05) is 11.8 Å². The van der Waals surface area contributed by atoms with Crippen LogP contribution in [0.1, 0.15) is 6.92 Å². The Morgan fingerprint density at radius 2 is 1.73 bits per heavy atom. The minimum atomic E-state index is -0.149. The van der Waals surface area contributed by atoms with Crippen LogP contribution in [0.2, 0.25) is 0 Å². The molecule has 1 heterocycles. The lowest BCUT2D eigenvalue weighted by molar-refractivity contribution is -0.113. The van der Waals surface area contributed by atoms with Crippen molar-refractivity contribution in [2.75, 3.05) is 31.9 Å². The van der Waals surface area contributed by atoms with Gasteiger partial charge in [-0.25, -0.2) is 0 Å². The van der Waals surface area contributed by atoms with Crippen molar-refractivity contribution >= 4 is 23.4 Å². The van der Waals surface area contributed by atoms with E-state index in [0.717, 1.165) is 17.0 Å². The van der Waals surface area contributed by atoms with Gasteiger partial charge in [0, 0.05) is 17.3 Å². The summed E-state index contributed by atoms with van der Waals surface area (Å²) in [4.78, 5) is 12.2. The van der Waals surface area contributed by atoms with Gasteiger partial charge in [0.05, 0.1) is 32.3 Å². The average molecular weight is 426 g/mol. The van der Waals surface area contributed by atoms with Gasteiger partial charge in [0.2, 0.25) is 5.91 Å².